The van der Waals surface area contributed by atoms with Crippen molar-refractivity contribution in [1.29, 1.82) is 0 Å². The summed E-state index contributed by atoms with van der Waals surface area (Å²) in [6.07, 6.45) is 10.7. The Bertz CT molecular complexity index is 597. The molecule has 0 nitrogen and oxygen atoms in total. The van der Waals surface area contributed by atoms with Crippen molar-refractivity contribution in [3.8, 4) is 11.1 Å². The van der Waals surface area contributed by atoms with Gasteiger partial charge in [0.25, 0.3) is 0 Å². The van der Waals surface area contributed by atoms with Gasteiger partial charge in [0, 0.05) is 0 Å². The zero-order chi connectivity index (χ0) is 16.8. The summed E-state index contributed by atoms with van der Waals surface area (Å²) >= 11 is 0. The molecule has 1 saturated carbocycles. The van der Waals surface area contributed by atoms with Crippen molar-refractivity contribution >= 4 is 0 Å². The number of benzene rings is 2. The van der Waals surface area contributed by atoms with Crippen molar-refractivity contribution in [1.82, 2.24) is 0 Å². The first-order chi connectivity index (χ1) is 11.8. The van der Waals surface area contributed by atoms with Gasteiger partial charge in [0.2, 0.25) is 0 Å². The van der Waals surface area contributed by atoms with Crippen LogP contribution in [0.25, 0.3) is 11.1 Å². The molecule has 0 saturated heterocycles. The van der Waals surface area contributed by atoms with Crippen molar-refractivity contribution in [2.75, 3.05) is 0 Å². The molecule has 0 radical (unpaired) electrons. The molecule has 2 aromatic rings. The minimum atomic E-state index is 0.788. The average Bonchev–Trinajstić information content (AvgIpc) is 2.63. The summed E-state index contributed by atoms with van der Waals surface area (Å²) in [5.74, 6) is 1.72. The fourth-order valence-corrected chi connectivity index (χ4v) is 3.98. The molecule has 0 heterocycles. The third-order valence-corrected chi connectivity index (χ3v) is 5.75. The normalized spacial score (nSPS) is 20.9. The molecular formula is C24H32. The summed E-state index contributed by atoms with van der Waals surface area (Å²) in [5, 5.41) is 0. The van der Waals surface area contributed by atoms with E-state index in [1.165, 1.54) is 68.1 Å². The molecule has 0 N–H and O–H groups in total. The van der Waals surface area contributed by atoms with E-state index >= 15 is 0 Å². The van der Waals surface area contributed by atoms with Crippen molar-refractivity contribution < 1.29 is 0 Å². The Morgan fingerprint density at radius 1 is 0.750 bits per heavy atom. The Labute approximate surface area is 148 Å². The summed E-state index contributed by atoms with van der Waals surface area (Å²) < 4.78 is 0. The fraction of sp³-hybridized carbons (Fsp3) is 0.500. The number of rotatable bonds is 6. The molecule has 1 aliphatic carbocycles. The molecule has 0 atom stereocenters. The largest absolute Gasteiger partial charge is 0.0654 e. The van der Waals surface area contributed by atoms with Crippen LogP contribution in [-0.2, 0) is 6.42 Å². The van der Waals surface area contributed by atoms with E-state index in [0.29, 0.717) is 0 Å². The maximum atomic E-state index is 2.39. The van der Waals surface area contributed by atoms with E-state index in [1.54, 1.807) is 5.56 Å². The lowest BCUT2D eigenvalue weighted by Crippen LogP contribution is -2.10. The molecular weight excluding hydrogens is 288 g/mol. The highest BCUT2D eigenvalue weighted by Gasteiger charge is 2.19. The number of hydrogen-bond acceptors (Lipinski definition) is 0. The first-order valence-corrected chi connectivity index (χ1v) is 9.95. The molecule has 3 rings (SSSR count). The van der Waals surface area contributed by atoms with E-state index in [0.717, 1.165) is 11.8 Å². The zero-order valence-corrected chi connectivity index (χ0v) is 15.4. The summed E-state index contributed by atoms with van der Waals surface area (Å²) in [6.45, 7) is 4.66. The van der Waals surface area contributed by atoms with Gasteiger partial charge in [-0.3, -0.25) is 0 Å². The van der Waals surface area contributed by atoms with E-state index in [-0.39, 0.29) is 0 Å². The summed E-state index contributed by atoms with van der Waals surface area (Å²) in [7, 11) is 0. The van der Waals surface area contributed by atoms with Crippen molar-refractivity contribution in [3.63, 3.8) is 0 Å². The lowest BCUT2D eigenvalue weighted by molar-refractivity contribution is 0.348. The second kappa shape index (κ2) is 8.51. The van der Waals surface area contributed by atoms with Crippen LogP contribution in [0.4, 0.5) is 0 Å². The molecule has 1 aliphatic rings. The van der Waals surface area contributed by atoms with Gasteiger partial charge in [0.05, 0.1) is 0 Å². The van der Waals surface area contributed by atoms with Gasteiger partial charge >= 0.3 is 0 Å². The Hall–Kier alpha value is -1.56. The van der Waals surface area contributed by atoms with Crippen LogP contribution < -0.4 is 0 Å². The van der Waals surface area contributed by atoms with Crippen molar-refractivity contribution in [2.24, 2.45) is 5.92 Å². The number of hydrogen-bond donors (Lipinski definition) is 0. The van der Waals surface area contributed by atoms with Crippen LogP contribution >= 0.6 is 0 Å². The van der Waals surface area contributed by atoms with Gasteiger partial charge in [-0.1, -0.05) is 88.1 Å². The van der Waals surface area contributed by atoms with Gasteiger partial charge in [-0.2, -0.15) is 0 Å². The van der Waals surface area contributed by atoms with E-state index in [9.17, 15) is 0 Å². The van der Waals surface area contributed by atoms with Crippen molar-refractivity contribution in [3.05, 3.63) is 59.7 Å². The second-order valence-electron chi connectivity index (χ2n) is 7.73. The zero-order valence-electron chi connectivity index (χ0n) is 15.4. The van der Waals surface area contributed by atoms with E-state index in [2.05, 4.69) is 62.4 Å². The molecule has 0 spiro atoms. The van der Waals surface area contributed by atoms with Crippen molar-refractivity contribution in [2.45, 2.75) is 71.1 Å². The molecule has 128 valence electrons. The van der Waals surface area contributed by atoms with Crippen LogP contribution in [0.1, 0.15) is 75.8 Å². The fourth-order valence-electron chi connectivity index (χ4n) is 3.98. The van der Waals surface area contributed by atoms with Gasteiger partial charge in [0.15, 0.2) is 0 Å². The minimum Gasteiger partial charge on any atom is -0.0654 e. The summed E-state index contributed by atoms with van der Waals surface area (Å²) in [5.41, 5.74) is 5.71. The lowest BCUT2D eigenvalue weighted by atomic mass is 9.79. The lowest BCUT2D eigenvalue weighted by Gasteiger charge is -2.26. The predicted octanol–water partition coefficient (Wildman–Crippen LogP) is 7.38. The standard InChI is InChI=1S/C24H32/c1-3-4-5-6-20-9-13-22(14-10-20)24-17-15-23(16-18-24)21-11-7-19(2)8-12-21/h9-10,13-19,21H,3-8,11-12H2,1-2H3. The number of unbranched alkanes of at least 4 members (excludes halogenated alkanes) is 2. The smallest absolute Gasteiger partial charge is 0.0162 e. The first kappa shape index (κ1) is 17.3. The monoisotopic (exact) mass is 320 g/mol. The first-order valence-electron chi connectivity index (χ1n) is 9.95. The molecule has 0 heteroatoms. The highest BCUT2D eigenvalue weighted by molar-refractivity contribution is 5.64. The van der Waals surface area contributed by atoms with E-state index in [4.69, 9.17) is 0 Å². The Balaban J connectivity index is 1.62. The molecule has 0 amide bonds. The third-order valence-electron chi connectivity index (χ3n) is 5.75. The Kier molecular flexibility index (Phi) is 6.12. The van der Waals surface area contributed by atoms with Crippen LogP contribution in [0.3, 0.4) is 0 Å². The highest BCUT2D eigenvalue weighted by atomic mass is 14.2. The van der Waals surface area contributed by atoms with Crippen LogP contribution in [0.2, 0.25) is 0 Å². The van der Waals surface area contributed by atoms with Gasteiger partial charge in [-0.25, -0.2) is 0 Å². The van der Waals surface area contributed by atoms with Gasteiger partial charge in [0.1, 0.15) is 0 Å². The predicted molar refractivity (Wildman–Crippen MR) is 105 cm³/mol. The average molecular weight is 321 g/mol. The molecule has 0 unspecified atom stereocenters. The quantitative estimate of drug-likeness (QED) is 0.487. The molecule has 0 aliphatic heterocycles. The van der Waals surface area contributed by atoms with E-state index < -0.39 is 0 Å². The maximum Gasteiger partial charge on any atom is -0.0162 e. The van der Waals surface area contributed by atoms with Gasteiger partial charge < -0.3 is 0 Å². The van der Waals surface area contributed by atoms with Crippen LogP contribution in [0, 0.1) is 5.92 Å². The second-order valence-corrected chi connectivity index (χ2v) is 7.73. The van der Waals surface area contributed by atoms with Gasteiger partial charge in [-0.15, -0.1) is 0 Å². The molecule has 1 fully saturated rings. The van der Waals surface area contributed by atoms with Crippen LogP contribution in [0.5, 0.6) is 0 Å². The topological polar surface area (TPSA) is 0 Å². The molecule has 0 bridgehead atoms. The Morgan fingerprint density at radius 3 is 1.92 bits per heavy atom. The molecule has 0 aromatic heterocycles. The number of aryl methyl sites for hydroxylation is 1. The minimum absolute atomic E-state index is 0.788. The van der Waals surface area contributed by atoms with Crippen LogP contribution in [0.15, 0.2) is 48.5 Å². The maximum absolute atomic E-state index is 2.39. The van der Waals surface area contributed by atoms with Gasteiger partial charge in [-0.05, 0) is 59.8 Å². The molecule has 24 heavy (non-hydrogen) atoms. The molecule has 2 aromatic carbocycles. The highest BCUT2D eigenvalue weighted by Crippen LogP contribution is 2.36. The van der Waals surface area contributed by atoms with Crippen LogP contribution in [-0.4, -0.2) is 0 Å². The third kappa shape index (κ3) is 4.50. The summed E-state index contributed by atoms with van der Waals surface area (Å²) in [4.78, 5) is 0. The van der Waals surface area contributed by atoms with E-state index in [1.807, 2.05) is 0 Å². The summed E-state index contributed by atoms with van der Waals surface area (Å²) in [6, 6.07) is 18.6. The SMILES string of the molecule is CCCCCc1ccc(-c2ccc(C3CCC(C)CC3)cc2)cc1. The Morgan fingerprint density at radius 2 is 1.33 bits per heavy atom.